The topological polar surface area (TPSA) is 73.0 Å². The van der Waals surface area contributed by atoms with E-state index in [0.29, 0.717) is 31.5 Å². The maximum atomic E-state index is 12.9. The number of anilines is 1. The van der Waals surface area contributed by atoms with E-state index in [1.54, 1.807) is 4.90 Å². The Morgan fingerprint density at radius 2 is 1.81 bits per heavy atom. The number of nitrogens with zero attached hydrogens (tertiary/aromatic N) is 3. The number of likely N-dealkylation sites (tertiary alicyclic amines) is 1. The van der Waals surface area contributed by atoms with E-state index in [-0.39, 0.29) is 23.9 Å². The summed E-state index contributed by atoms with van der Waals surface area (Å²) in [5.41, 5.74) is 1.92. The lowest BCUT2D eigenvalue weighted by atomic mass is 9.87. The highest BCUT2D eigenvalue weighted by Crippen LogP contribution is 2.31. The molecular formula is C20H28N4O3. The fraction of sp³-hybridized carbons (Fsp3) is 0.550. The highest BCUT2D eigenvalue weighted by molar-refractivity contribution is 6.07. The number of benzene rings is 1. The van der Waals surface area contributed by atoms with Gasteiger partial charge in [-0.1, -0.05) is 0 Å². The molecule has 3 rings (SSSR count). The maximum Gasteiger partial charge on any atom is 0.325 e. The Bertz CT molecular complexity index is 779. The highest BCUT2D eigenvalue weighted by Gasteiger charge is 2.53. The molecular weight excluding hydrogens is 344 g/mol. The smallest absolute Gasteiger partial charge is 0.325 e. The molecule has 1 N–H and O–H groups in total. The number of piperidine rings is 1. The van der Waals surface area contributed by atoms with Crippen LogP contribution < -0.4 is 10.2 Å². The van der Waals surface area contributed by atoms with Crippen molar-refractivity contribution in [2.45, 2.75) is 45.2 Å². The molecule has 1 aromatic rings. The fourth-order valence-corrected chi connectivity index (χ4v) is 4.01. The minimum Gasteiger partial charge on any atom is -0.377 e. The molecule has 2 saturated heterocycles. The summed E-state index contributed by atoms with van der Waals surface area (Å²) in [6.45, 7) is 6.55. The molecule has 2 aliphatic rings. The molecule has 2 fully saturated rings. The standard InChI is InChI=1S/C20H28N4O3/c1-13(2)24-18(26)20(21-19(24)27)8-10-23(11-9-20)17(25)15-6-7-16(22(4)5)14(3)12-15/h6-7,12-13H,8-11H2,1-5H3,(H,21,27). The number of hydrogen-bond donors (Lipinski definition) is 1. The second-order valence-corrected chi connectivity index (χ2v) is 7.97. The molecule has 0 aliphatic carbocycles. The van der Waals surface area contributed by atoms with Crippen molar-refractivity contribution in [1.29, 1.82) is 0 Å². The molecule has 0 unspecified atom stereocenters. The van der Waals surface area contributed by atoms with Gasteiger partial charge in [0, 0.05) is 44.5 Å². The van der Waals surface area contributed by atoms with Crippen LogP contribution in [0.2, 0.25) is 0 Å². The number of hydrogen-bond acceptors (Lipinski definition) is 4. The quantitative estimate of drug-likeness (QED) is 0.824. The lowest BCUT2D eigenvalue weighted by Crippen LogP contribution is -2.56. The molecule has 7 heteroatoms. The first kappa shape index (κ1) is 19.2. The molecule has 146 valence electrons. The second-order valence-electron chi connectivity index (χ2n) is 7.97. The first-order valence-corrected chi connectivity index (χ1v) is 9.39. The average Bonchev–Trinajstić information content (AvgIpc) is 2.84. The number of imide groups is 1. The normalized spacial score (nSPS) is 19.0. The second kappa shape index (κ2) is 6.87. The van der Waals surface area contributed by atoms with Crippen LogP contribution in [-0.2, 0) is 4.79 Å². The largest absolute Gasteiger partial charge is 0.377 e. The van der Waals surface area contributed by atoms with Gasteiger partial charge in [-0.3, -0.25) is 14.5 Å². The summed E-state index contributed by atoms with van der Waals surface area (Å²) >= 11 is 0. The van der Waals surface area contributed by atoms with Crippen LogP contribution in [-0.4, -0.2) is 66.4 Å². The molecule has 0 radical (unpaired) electrons. The monoisotopic (exact) mass is 372 g/mol. The Morgan fingerprint density at radius 1 is 1.19 bits per heavy atom. The summed E-state index contributed by atoms with van der Waals surface area (Å²) in [5, 5.41) is 2.87. The van der Waals surface area contributed by atoms with Gasteiger partial charge in [-0.2, -0.15) is 0 Å². The van der Waals surface area contributed by atoms with E-state index in [1.165, 1.54) is 4.90 Å². The molecule has 27 heavy (non-hydrogen) atoms. The lowest BCUT2D eigenvalue weighted by molar-refractivity contribution is -0.133. The van der Waals surface area contributed by atoms with Crippen molar-refractivity contribution in [2.24, 2.45) is 0 Å². The Morgan fingerprint density at radius 3 is 2.30 bits per heavy atom. The van der Waals surface area contributed by atoms with Gasteiger partial charge in [0.2, 0.25) is 0 Å². The summed E-state index contributed by atoms with van der Waals surface area (Å²) < 4.78 is 0. The Balaban J connectivity index is 1.71. The zero-order chi connectivity index (χ0) is 19.9. The van der Waals surface area contributed by atoms with Gasteiger partial charge in [-0.05, 0) is 57.4 Å². The number of aryl methyl sites for hydroxylation is 1. The zero-order valence-corrected chi connectivity index (χ0v) is 16.7. The fourth-order valence-electron chi connectivity index (χ4n) is 4.01. The molecule has 7 nitrogen and oxygen atoms in total. The Hall–Kier alpha value is -2.57. The highest BCUT2D eigenvalue weighted by atomic mass is 16.2. The summed E-state index contributed by atoms with van der Waals surface area (Å²) in [7, 11) is 3.95. The first-order chi connectivity index (χ1) is 12.7. The first-order valence-electron chi connectivity index (χ1n) is 9.39. The summed E-state index contributed by atoms with van der Waals surface area (Å²) in [5.74, 6) is -0.198. The molecule has 2 aliphatic heterocycles. The van der Waals surface area contributed by atoms with Crippen molar-refractivity contribution in [2.75, 3.05) is 32.1 Å². The van der Waals surface area contributed by atoms with E-state index in [2.05, 4.69) is 5.32 Å². The molecule has 4 amide bonds. The van der Waals surface area contributed by atoms with Gasteiger partial charge >= 0.3 is 6.03 Å². The zero-order valence-electron chi connectivity index (χ0n) is 16.7. The van der Waals surface area contributed by atoms with E-state index in [4.69, 9.17) is 0 Å². The minimum atomic E-state index is -0.858. The number of nitrogens with one attached hydrogen (secondary N) is 1. The van der Waals surface area contributed by atoms with Gasteiger partial charge in [-0.15, -0.1) is 0 Å². The van der Waals surface area contributed by atoms with Crippen molar-refractivity contribution in [3.63, 3.8) is 0 Å². The molecule has 0 atom stereocenters. The van der Waals surface area contributed by atoms with E-state index >= 15 is 0 Å². The predicted octanol–water partition coefficient (Wildman–Crippen LogP) is 2.00. The van der Waals surface area contributed by atoms with Gasteiger partial charge in [0.15, 0.2) is 0 Å². The average molecular weight is 372 g/mol. The van der Waals surface area contributed by atoms with Gasteiger partial charge in [-0.25, -0.2) is 4.79 Å². The number of amides is 4. The third-order valence-corrected chi connectivity index (χ3v) is 5.54. The third-order valence-electron chi connectivity index (χ3n) is 5.54. The van der Waals surface area contributed by atoms with Crippen LogP contribution in [0.25, 0.3) is 0 Å². The number of carbonyl (C=O) groups is 3. The molecule has 0 aromatic heterocycles. The minimum absolute atomic E-state index is 0.0317. The van der Waals surface area contributed by atoms with Crippen LogP contribution in [0.3, 0.4) is 0 Å². The van der Waals surface area contributed by atoms with Crippen molar-refractivity contribution < 1.29 is 14.4 Å². The summed E-state index contributed by atoms with van der Waals surface area (Å²) in [4.78, 5) is 42.9. The summed E-state index contributed by atoms with van der Waals surface area (Å²) in [6.07, 6.45) is 0.891. The van der Waals surface area contributed by atoms with E-state index < -0.39 is 5.54 Å². The van der Waals surface area contributed by atoms with Crippen molar-refractivity contribution in [3.8, 4) is 0 Å². The van der Waals surface area contributed by atoms with Crippen molar-refractivity contribution in [1.82, 2.24) is 15.1 Å². The van der Waals surface area contributed by atoms with Gasteiger partial charge < -0.3 is 15.1 Å². The molecule has 1 aromatic carbocycles. The van der Waals surface area contributed by atoms with Crippen molar-refractivity contribution in [3.05, 3.63) is 29.3 Å². The molecule has 0 bridgehead atoms. The predicted molar refractivity (Wildman–Crippen MR) is 104 cm³/mol. The Kier molecular flexibility index (Phi) is 4.88. The van der Waals surface area contributed by atoms with Crippen LogP contribution in [0.1, 0.15) is 42.6 Å². The molecule has 1 spiro atoms. The van der Waals surface area contributed by atoms with E-state index in [1.807, 2.05) is 58.0 Å². The third kappa shape index (κ3) is 3.26. The Labute approximate surface area is 160 Å². The van der Waals surface area contributed by atoms with Crippen LogP contribution in [0.4, 0.5) is 10.5 Å². The SMILES string of the molecule is Cc1cc(C(=O)N2CCC3(CC2)NC(=O)N(C(C)C)C3=O)ccc1N(C)C. The van der Waals surface area contributed by atoms with Crippen LogP contribution in [0.15, 0.2) is 18.2 Å². The number of urea groups is 1. The van der Waals surface area contributed by atoms with Crippen LogP contribution >= 0.6 is 0 Å². The number of carbonyl (C=O) groups excluding carboxylic acids is 3. The summed E-state index contributed by atoms with van der Waals surface area (Å²) in [6, 6.07) is 5.21. The number of rotatable bonds is 3. The van der Waals surface area contributed by atoms with E-state index in [0.717, 1.165) is 11.3 Å². The molecule has 0 saturated carbocycles. The van der Waals surface area contributed by atoms with Gasteiger partial charge in [0.1, 0.15) is 5.54 Å². The van der Waals surface area contributed by atoms with Crippen molar-refractivity contribution >= 4 is 23.5 Å². The van der Waals surface area contributed by atoms with Gasteiger partial charge in [0.05, 0.1) is 0 Å². The van der Waals surface area contributed by atoms with Gasteiger partial charge in [0.25, 0.3) is 11.8 Å². The lowest BCUT2D eigenvalue weighted by Gasteiger charge is -2.37. The molecule has 2 heterocycles. The van der Waals surface area contributed by atoms with E-state index in [9.17, 15) is 14.4 Å². The van der Waals surface area contributed by atoms with Crippen LogP contribution in [0.5, 0.6) is 0 Å². The maximum absolute atomic E-state index is 12.9. The van der Waals surface area contributed by atoms with Crippen LogP contribution in [0, 0.1) is 6.92 Å².